The Bertz CT molecular complexity index is 495. The van der Waals surface area contributed by atoms with Crippen molar-refractivity contribution in [2.45, 2.75) is 0 Å². The Hall–Kier alpha value is -2.42. The second-order valence-electron chi connectivity index (χ2n) is 2.53. The van der Waals surface area contributed by atoms with Crippen LogP contribution in [0.2, 0.25) is 0 Å². The molecule has 6 heteroatoms. The average Bonchev–Trinajstić information content (AvgIpc) is 2.65. The molecule has 2 N–H and O–H groups in total. The Kier molecular flexibility index (Phi) is 1.84. The molecule has 2 aromatic rings. The van der Waals surface area contributed by atoms with E-state index in [2.05, 4.69) is 15.0 Å². The summed E-state index contributed by atoms with van der Waals surface area (Å²) in [4.78, 5) is 11.7. The highest BCUT2D eigenvalue weighted by atomic mass is 15.1. The summed E-state index contributed by atoms with van der Waals surface area (Å²) in [6, 6.07) is 1.94. The van der Waals surface area contributed by atoms with E-state index in [1.165, 1.54) is 23.2 Å². The number of nitrogens with zero attached hydrogens (tertiary/aromatic N) is 5. The van der Waals surface area contributed by atoms with E-state index in [-0.39, 0.29) is 5.82 Å². The lowest BCUT2D eigenvalue weighted by Gasteiger charge is -2.01. The molecular weight excluding hydrogens is 180 g/mol. The predicted octanol–water partition coefficient (Wildman–Crippen LogP) is 0.116. The molecular formula is C8H6N6. The minimum atomic E-state index is 0.255. The maximum absolute atomic E-state index is 8.73. The summed E-state index contributed by atoms with van der Waals surface area (Å²) in [5.41, 5.74) is 5.47. The summed E-state index contributed by atoms with van der Waals surface area (Å²) < 4.78 is 1.52. The fourth-order valence-corrected chi connectivity index (χ4v) is 1.06. The smallest absolute Gasteiger partial charge is 0.218 e. The van der Waals surface area contributed by atoms with Crippen LogP contribution in [0.5, 0.6) is 0 Å². The molecule has 0 unspecified atom stereocenters. The van der Waals surface area contributed by atoms with Gasteiger partial charge in [-0.1, -0.05) is 0 Å². The number of anilines is 1. The van der Waals surface area contributed by atoms with Crippen LogP contribution in [0.15, 0.2) is 24.8 Å². The van der Waals surface area contributed by atoms with Crippen molar-refractivity contribution in [3.63, 3.8) is 0 Å². The Morgan fingerprint density at radius 1 is 1.43 bits per heavy atom. The van der Waals surface area contributed by atoms with Crippen molar-refractivity contribution in [2.24, 2.45) is 0 Å². The number of nitrogens with two attached hydrogens (primary N) is 1. The first-order valence-corrected chi connectivity index (χ1v) is 3.82. The fourth-order valence-electron chi connectivity index (χ4n) is 1.06. The first kappa shape index (κ1) is 8.19. The van der Waals surface area contributed by atoms with Gasteiger partial charge < -0.3 is 5.73 Å². The third-order valence-electron chi connectivity index (χ3n) is 1.63. The minimum Gasteiger partial charge on any atom is -0.382 e. The maximum Gasteiger partial charge on any atom is 0.218 e. The van der Waals surface area contributed by atoms with Crippen molar-refractivity contribution in [2.75, 3.05) is 5.73 Å². The van der Waals surface area contributed by atoms with Gasteiger partial charge in [-0.25, -0.2) is 9.97 Å². The van der Waals surface area contributed by atoms with Gasteiger partial charge in [0.05, 0.1) is 12.4 Å². The van der Waals surface area contributed by atoms with Crippen LogP contribution < -0.4 is 5.73 Å². The highest BCUT2D eigenvalue weighted by molar-refractivity contribution is 5.33. The average molecular weight is 186 g/mol. The number of imidazole rings is 1. The summed E-state index contributed by atoms with van der Waals surface area (Å²) in [5.74, 6) is 1.05. The summed E-state index contributed by atoms with van der Waals surface area (Å²) in [6.07, 6.45) is 6.09. The number of aromatic nitrogens is 4. The Balaban J connectivity index is 2.56. The van der Waals surface area contributed by atoms with Gasteiger partial charge in [0, 0.05) is 12.4 Å². The van der Waals surface area contributed by atoms with E-state index < -0.39 is 0 Å². The SMILES string of the molecule is N#Cc1nccn1-c1cncc(N)n1. The van der Waals surface area contributed by atoms with Crippen molar-refractivity contribution in [1.82, 2.24) is 19.5 Å². The third-order valence-corrected chi connectivity index (χ3v) is 1.63. The van der Waals surface area contributed by atoms with Crippen molar-refractivity contribution < 1.29 is 0 Å². The van der Waals surface area contributed by atoms with E-state index >= 15 is 0 Å². The molecule has 0 atom stereocenters. The second-order valence-corrected chi connectivity index (χ2v) is 2.53. The molecule has 2 rings (SSSR count). The lowest BCUT2D eigenvalue weighted by Crippen LogP contribution is -2.02. The number of hydrogen-bond acceptors (Lipinski definition) is 5. The van der Waals surface area contributed by atoms with Crippen LogP contribution in [0, 0.1) is 11.3 Å². The molecule has 14 heavy (non-hydrogen) atoms. The van der Waals surface area contributed by atoms with Gasteiger partial charge in [-0.15, -0.1) is 0 Å². The molecule has 0 aromatic carbocycles. The van der Waals surface area contributed by atoms with Crippen LogP contribution in [0.1, 0.15) is 5.82 Å². The fraction of sp³-hybridized carbons (Fsp3) is 0. The van der Waals surface area contributed by atoms with Crippen molar-refractivity contribution in [3.05, 3.63) is 30.6 Å². The number of rotatable bonds is 1. The largest absolute Gasteiger partial charge is 0.382 e. The predicted molar refractivity (Wildman–Crippen MR) is 48.3 cm³/mol. The quantitative estimate of drug-likeness (QED) is 0.682. The van der Waals surface area contributed by atoms with Gasteiger partial charge in [0.25, 0.3) is 0 Å². The zero-order chi connectivity index (χ0) is 9.97. The lowest BCUT2D eigenvalue weighted by molar-refractivity contribution is 0.953. The molecule has 0 radical (unpaired) electrons. The Morgan fingerprint density at radius 2 is 2.29 bits per heavy atom. The van der Waals surface area contributed by atoms with E-state index in [0.29, 0.717) is 11.6 Å². The van der Waals surface area contributed by atoms with Crippen molar-refractivity contribution >= 4 is 5.82 Å². The first-order valence-electron chi connectivity index (χ1n) is 3.82. The van der Waals surface area contributed by atoms with Gasteiger partial charge in [-0.2, -0.15) is 5.26 Å². The zero-order valence-electron chi connectivity index (χ0n) is 7.12. The van der Waals surface area contributed by atoms with Gasteiger partial charge in [-0.3, -0.25) is 9.55 Å². The summed E-state index contributed by atoms with van der Waals surface area (Å²) in [5, 5.41) is 8.73. The van der Waals surface area contributed by atoms with Gasteiger partial charge in [0.1, 0.15) is 11.9 Å². The molecule has 0 aliphatic carbocycles. The standard InChI is InChI=1S/C8H6N6/c9-3-7-12-1-2-14(7)8-5-11-4-6(10)13-8/h1-2,4-5H,(H2,10,13). The molecule has 2 heterocycles. The monoisotopic (exact) mass is 186 g/mol. The van der Waals surface area contributed by atoms with Crippen molar-refractivity contribution in [3.8, 4) is 11.9 Å². The number of nitriles is 1. The molecule has 0 saturated carbocycles. The molecule has 0 amide bonds. The van der Waals surface area contributed by atoms with E-state index in [1.54, 1.807) is 6.20 Å². The van der Waals surface area contributed by atoms with Gasteiger partial charge >= 0.3 is 0 Å². The van der Waals surface area contributed by atoms with Crippen LogP contribution in [0.4, 0.5) is 5.82 Å². The Labute approximate surface area is 79.7 Å². The van der Waals surface area contributed by atoms with E-state index in [1.807, 2.05) is 6.07 Å². The number of hydrogen-bond donors (Lipinski definition) is 1. The van der Waals surface area contributed by atoms with Crippen LogP contribution >= 0.6 is 0 Å². The zero-order valence-corrected chi connectivity index (χ0v) is 7.12. The van der Waals surface area contributed by atoms with Crippen LogP contribution in [-0.2, 0) is 0 Å². The Morgan fingerprint density at radius 3 is 3.00 bits per heavy atom. The van der Waals surface area contributed by atoms with Gasteiger partial charge in [0.2, 0.25) is 5.82 Å². The maximum atomic E-state index is 8.73. The molecule has 0 aliphatic rings. The molecule has 68 valence electrons. The van der Waals surface area contributed by atoms with Crippen molar-refractivity contribution in [1.29, 1.82) is 5.26 Å². The van der Waals surface area contributed by atoms with E-state index in [0.717, 1.165) is 0 Å². The summed E-state index contributed by atoms with van der Waals surface area (Å²) in [6.45, 7) is 0. The lowest BCUT2D eigenvalue weighted by atomic mass is 10.5. The molecule has 0 bridgehead atoms. The molecule has 0 saturated heterocycles. The van der Waals surface area contributed by atoms with Crippen LogP contribution in [0.25, 0.3) is 5.82 Å². The topological polar surface area (TPSA) is 93.4 Å². The minimum absolute atomic E-state index is 0.255. The molecule has 2 aromatic heterocycles. The number of nitrogen functional groups attached to an aromatic ring is 1. The molecule has 0 aliphatic heterocycles. The molecule has 6 nitrogen and oxygen atoms in total. The second kappa shape index (κ2) is 3.14. The first-order chi connectivity index (χ1) is 6.81. The van der Waals surface area contributed by atoms with Gasteiger partial charge in [0.15, 0.2) is 5.82 Å². The molecule has 0 fully saturated rings. The van der Waals surface area contributed by atoms with Gasteiger partial charge in [-0.05, 0) is 0 Å². The summed E-state index contributed by atoms with van der Waals surface area (Å²) >= 11 is 0. The molecule has 0 spiro atoms. The van der Waals surface area contributed by atoms with Crippen LogP contribution in [-0.4, -0.2) is 19.5 Å². The highest BCUT2D eigenvalue weighted by Crippen LogP contribution is 2.06. The summed E-state index contributed by atoms with van der Waals surface area (Å²) in [7, 11) is 0. The normalized spacial score (nSPS) is 9.64. The van der Waals surface area contributed by atoms with E-state index in [4.69, 9.17) is 11.0 Å². The van der Waals surface area contributed by atoms with Crippen LogP contribution in [0.3, 0.4) is 0 Å². The highest BCUT2D eigenvalue weighted by Gasteiger charge is 2.04. The third kappa shape index (κ3) is 1.27. The van der Waals surface area contributed by atoms with E-state index in [9.17, 15) is 0 Å².